The summed E-state index contributed by atoms with van der Waals surface area (Å²) in [5.74, 6) is -2.64. The minimum absolute atomic E-state index is 0.0333. The molecule has 0 radical (unpaired) electrons. The summed E-state index contributed by atoms with van der Waals surface area (Å²) < 4.78 is 81.7. The van der Waals surface area contributed by atoms with Crippen LogP contribution in [0.25, 0.3) is 0 Å². The average Bonchev–Trinajstić information content (AvgIpc) is 2.93. The Morgan fingerprint density at radius 1 is 1.02 bits per heavy atom. The number of nitrogens with one attached hydrogen (secondary N) is 1. The molecule has 0 aromatic heterocycles. The van der Waals surface area contributed by atoms with Crippen LogP contribution in [0, 0.1) is 23.1 Å². The zero-order valence-electron chi connectivity index (χ0n) is 21.0. The van der Waals surface area contributed by atoms with Crippen molar-refractivity contribution in [1.29, 1.82) is 5.26 Å². The Bertz CT molecular complexity index is 1530. The van der Waals surface area contributed by atoms with E-state index in [9.17, 15) is 35.9 Å². The van der Waals surface area contributed by atoms with Gasteiger partial charge in [0.15, 0.2) is 0 Å². The van der Waals surface area contributed by atoms with Crippen molar-refractivity contribution < 1.29 is 35.9 Å². The molecule has 3 aromatic rings. The quantitative estimate of drug-likeness (QED) is 0.396. The third kappa shape index (κ3) is 6.01. The molecule has 1 aliphatic rings. The van der Waals surface area contributed by atoms with Crippen LogP contribution in [0.4, 0.5) is 23.2 Å². The van der Waals surface area contributed by atoms with Gasteiger partial charge in [0.2, 0.25) is 10.0 Å². The lowest BCUT2D eigenvalue weighted by Crippen LogP contribution is -2.54. The fourth-order valence-corrected chi connectivity index (χ4v) is 6.41. The van der Waals surface area contributed by atoms with E-state index in [2.05, 4.69) is 5.32 Å². The number of anilines is 1. The molecule has 4 rings (SSSR count). The number of carbonyl (C=O) groups is 1. The summed E-state index contributed by atoms with van der Waals surface area (Å²) in [6.07, 6.45) is -4.97. The number of amides is 1. The molecule has 2 N–H and O–H groups in total. The predicted molar refractivity (Wildman–Crippen MR) is 138 cm³/mol. The molecule has 1 unspecified atom stereocenters. The molecule has 1 saturated heterocycles. The number of rotatable bonds is 7. The van der Waals surface area contributed by atoms with Crippen LogP contribution in [0.5, 0.6) is 0 Å². The van der Waals surface area contributed by atoms with E-state index in [0.29, 0.717) is 11.6 Å². The first kappa shape index (κ1) is 29.2. The maximum atomic E-state index is 14.2. The fraction of sp³-hybridized carbons (Fsp3) is 0.286. The van der Waals surface area contributed by atoms with Crippen LogP contribution < -0.4 is 5.32 Å². The van der Waals surface area contributed by atoms with Gasteiger partial charge in [-0.2, -0.15) is 22.7 Å². The van der Waals surface area contributed by atoms with Gasteiger partial charge in [-0.1, -0.05) is 42.5 Å². The lowest BCUT2D eigenvalue weighted by molar-refractivity contribution is -0.142. The maximum absolute atomic E-state index is 14.2. The van der Waals surface area contributed by atoms with Gasteiger partial charge in [0.1, 0.15) is 16.3 Å². The zero-order valence-corrected chi connectivity index (χ0v) is 21.8. The van der Waals surface area contributed by atoms with Crippen LogP contribution in [0.1, 0.15) is 29.5 Å². The summed E-state index contributed by atoms with van der Waals surface area (Å²) in [5.41, 5.74) is -3.65. The molecule has 1 heterocycles. The molecule has 0 spiro atoms. The second-order valence-electron chi connectivity index (χ2n) is 9.52. The van der Waals surface area contributed by atoms with Crippen molar-refractivity contribution >= 4 is 21.6 Å². The number of hydrogen-bond acceptors (Lipinski definition) is 5. The van der Waals surface area contributed by atoms with Gasteiger partial charge < -0.3 is 10.4 Å². The molecule has 7 nitrogen and oxygen atoms in total. The number of nitrogens with zero attached hydrogens (tertiary/aromatic N) is 2. The van der Waals surface area contributed by atoms with Crippen molar-refractivity contribution in [1.82, 2.24) is 4.31 Å². The van der Waals surface area contributed by atoms with Gasteiger partial charge in [-0.15, -0.1) is 0 Å². The Labute approximate surface area is 228 Å². The number of carbonyl (C=O) groups excluding carboxylic acids is 1. The standard InChI is InChI=1S/C28H25F4N3O4S/c29-24-8-4-5-9-25(24)40(38,39)35-14-12-21(13-15-35)27(37,17-19-6-2-1-3-7-19)26(36)34-22-11-10-20(18-33)23(16-22)28(30,31)32/h1-11,16,21,37H,12-15,17H2,(H,34,36). The Morgan fingerprint density at radius 2 is 1.65 bits per heavy atom. The molecule has 1 fully saturated rings. The Morgan fingerprint density at radius 3 is 2.25 bits per heavy atom. The molecule has 3 aromatic carbocycles. The van der Waals surface area contributed by atoms with Crippen molar-refractivity contribution in [3.05, 3.63) is 95.3 Å². The van der Waals surface area contributed by atoms with Crippen molar-refractivity contribution in [3.63, 3.8) is 0 Å². The molecule has 12 heteroatoms. The summed E-state index contributed by atoms with van der Waals surface area (Å²) in [4.78, 5) is 13.0. The molecule has 1 atom stereocenters. The molecule has 1 amide bonds. The highest BCUT2D eigenvalue weighted by Gasteiger charge is 2.46. The van der Waals surface area contributed by atoms with Crippen molar-refractivity contribution in [2.75, 3.05) is 18.4 Å². The summed E-state index contributed by atoms with van der Waals surface area (Å²) in [6, 6.07) is 17.6. The molecule has 0 bridgehead atoms. The van der Waals surface area contributed by atoms with E-state index < -0.39 is 55.5 Å². The van der Waals surface area contributed by atoms with E-state index in [1.165, 1.54) is 18.2 Å². The summed E-state index contributed by atoms with van der Waals surface area (Å²) in [6.45, 7) is -0.221. The van der Waals surface area contributed by atoms with Gasteiger partial charge in [-0.25, -0.2) is 12.8 Å². The van der Waals surface area contributed by atoms with E-state index >= 15 is 0 Å². The van der Waals surface area contributed by atoms with Crippen LogP contribution >= 0.6 is 0 Å². The summed E-state index contributed by atoms with van der Waals surface area (Å²) >= 11 is 0. The topological polar surface area (TPSA) is 110 Å². The van der Waals surface area contributed by atoms with E-state index in [1.54, 1.807) is 30.3 Å². The Hall–Kier alpha value is -3.79. The highest BCUT2D eigenvalue weighted by Crippen LogP contribution is 2.37. The molecule has 0 aliphatic carbocycles. The number of sulfonamides is 1. The van der Waals surface area contributed by atoms with Crippen LogP contribution in [0.3, 0.4) is 0 Å². The lowest BCUT2D eigenvalue weighted by atomic mass is 9.76. The Balaban J connectivity index is 1.60. The number of nitriles is 1. The van der Waals surface area contributed by atoms with E-state index in [0.717, 1.165) is 28.6 Å². The smallest absolute Gasteiger partial charge is 0.379 e. The highest BCUT2D eigenvalue weighted by molar-refractivity contribution is 7.89. The normalized spacial score (nSPS) is 16.6. The zero-order chi connectivity index (χ0) is 29.1. The number of benzene rings is 3. The maximum Gasteiger partial charge on any atom is 0.417 e. The minimum Gasteiger partial charge on any atom is -0.379 e. The molecular weight excluding hydrogens is 550 g/mol. The highest BCUT2D eigenvalue weighted by atomic mass is 32.2. The number of halogens is 4. The van der Waals surface area contributed by atoms with E-state index in [1.807, 2.05) is 0 Å². The third-order valence-corrected chi connectivity index (χ3v) is 8.93. The monoisotopic (exact) mass is 575 g/mol. The molecule has 210 valence electrons. The number of hydrogen-bond donors (Lipinski definition) is 2. The van der Waals surface area contributed by atoms with Crippen LogP contribution in [0.15, 0.2) is 77.7 Å². The van der Waals surface area contributed by atoms with Crippen LogP contribution in [-0.4, -0.2) is 42.4 Å². The first-order valence-electron chi connectivity index (χ1n) is 12.3. The van der Waals surface area contributed by atoms with Crippen molar-refractivity contribution in [3.8, 4) is 6.07 Å². The molecule has 40 heavy (non-hydrogen) atoms. The fourth-order valence-electron chi connectivity index (χ4n) is 4.88. The largest absolute Gasteiger partial charge is 0.417 e. The van der Waals surface area contributed by atoms with Gasteiger partial charge in [-0.05, 0) is 54.7 Å². The minimum atomic E-state index is -4.84. The first-order valence-corrected chi connectivity index (χ1v) is 13.7. The molecular formula is C28H25F4N3O4S. The second-order valence-corrected chi connectivity index (χ2v) is 11.4. The van der Waals surface area contributed by atoms with Crippen molar-refractivity contribution in [2.24, 2.45) is 5.92 Å². The average molecular weight is 576 g/mol. The molecule has 0 saturated carbocycles. The number of alkyl halides is 3. The number of aliphatic hydroxyl groups is 1. The lowest BCUT2D eigenvalue weighted by Gasteiger charge is -2.40. The summed E-state index contributed by atoms with van der Waals surface area (Å²) in [7, 11) is -4.17. The van der Waals surface area contributed by atoms with Gasteiger partial charge in [0.05, 0.1) is 17.2 Å². The third-order valence-electron chi connectivity index (χ3n) is 7.00. The van der Waals surface area contributed by atoms with Crippen LogP contribution in [0.2, 0.25) is 0 Å². The van der Waals surface area contributed by atoms with Gasteiger partial charge in [0.25, 0.3) is 5.91 Å². The van der Waals surface area contributed by atoms with E-state index in [4.69, 9.17) is 5.26 Å². The van der Waals surface area contributed by atoms with Gasteiger partial charge in [-0.3, -0.25) is 4.79 Å². The SMILES string of the molecule is N#Cc1ccc(NC(=O)C(O)(Cc2ccccc2)C2CCN(S(=O)(=O)c3ccccc3F)CC2)cc1C(F)(F)F. The van der Waals surface area contributed by atoms with Crippen molar-refractivity contribution in [2.45, 2.75) is 35.9 Å². The number of piperidine rings is 1. The Kier molecular flexibility index (Phi) is 8.30. The van der Waals surface area contributed by atoms with Gasteiger partial charge >= 0.3 is 6.18 Å². The van der Waals surface area contributed by atoms with Crippen LogP contribution in [-0.2, 0) is 27.4 Å². The van der Waals surface area contributed by atoms with E-state index in [-0.39, 0.29) is 38.0 Å². The van der Waals surface area contributed by atoms with Gasteiger partial charge in [0, 0.05) is 25.2 Å². The summed E-state index contributed by atoms with van der Waals surface area (Å²) in [5, 5.41) is 23.2. The predicted octanol–water partition coefficient (Wildman–Crippen LogP) is 4.73. The first-order chi connectivity index (χ1) is 18.9. The molecule has 1 aliphatic heterocycles. The second kappa shape index (κ2) is 11.4.